The largest absolute Gasteiger partial charge is 0.467 e. The van der Waals surface area contributed by atoms with Gasteiger partial charge in [-0.3, -0.25) is 9.59 Å². The number of nitrogens with two attached hydrogens (primary N) is 1. The lowest BCUT2D eigenvalue weighted by Crippen LogP contribution is -2.66. The normalized spacial score (nSPS) is 15.5. The van der Waals surface area contributed by atoms with E-state index >= 15 is 0 Å². The van der Waals surface area contributed by atoms with Crippen LogP contribution in [0.2, 0.25) is 0 Å². The van der Waals surface area contributed by atoms with Crippen molar-refractivity contribution < 1.29 is 32.3 Å². The average molecular weight is 474 g/mol. The molecule has 0 saturated carbocycles. The van der Waals surface area contributed by atoms with Gasteiger partial charge in [-0.05, 0) is 30.2 Å². The number of hydrogen-bond donors (Lipinski definition) is 3. The first-order valence-corrected chi connectivity index (χ1v) is 10.8. The Bertz CT molecular complexity index is 800. The molecule has 1 aromatic rings. The second kappa shape index (κ2) is 12.0. The highest BCUT2D eigenvalue weighted by molar-refractivity contribution is 5.94. The van der Waals surface area contributed by atoms with Crippen molar-refractivity contribution in [2.75, 3.05) is 7.11 Å². The number of alkyl halides is 3. The van der Waals surface area contributed by atoms with Crippen LogP contribution < -0.4 is 16.4 Å². The monoisotopic (exact) mass is 473 g/mol. The number of esters is 1. The number of ether oxygens (including phenoxy) is 1. The highest BCUT2D eigenvalue weighted by atomic mass is 19.4. The van der Waals surface area contributed by atoms with Crippen molar-refractivity contribution >= 4 is 17.8 Å². The lowest BCUT2D eigenvalue weighted by molar-refractivity contribution is -0.195. The lowest BCUT2D eigenvalue weighted by atomic mass is 9.87. The number of rotatable bonds is 11. The van der Waals surface area contributed by atoms with Crippen LogP contribution >= 0.6 is 0 Å². The maximum atomic E-state index is 13.7. The number of hydrogen-bond acceptors (Lipinski definition) is 5. The van der Waals surface area contributed by atoms with E-state index in [2.05, 4.69) is 10.6 Å². The summed E-state index contributed by atoms with van der Waals surface area (Å²) in [6.45, 7) is 6.54. The molecule has 1 aromatic carbocycles. The van der Waals surface area contributed by atoms with E-state index in [0.717, 1.165) is 12.7 Å². The molecule has 1 rings (SSSR count). The van der Waals surface area contributed by atoms with Crippen molar-refractivity contribution in [3.63, 3.8) is 0 Å². The van der Waals surface area contributed by atoms with Gasteiger partial charge < -0.3 is 21.1 Å². The van der Waals surface area contributed by atoms with Crippen molar-refractivity contribution in [3.05, 3.63) is 35.9 Å². The summed E-state index contributed by atoms with van der Waals surface area (Å²) in [5, 5.41) is 4.69. The van der Waals surface area contributed by atoms with Crippen LogP contribution in [-0.4, -0.2) is 48.7 Å². The van der Waals surface area contributed by atoms with Crippen molar-refractivity contribution in [3.8, 4) is 0 Å². The van der Waals surface area contributed by atoms with Crippen LogP contribution in [0.25, 0.3) is 0 Å². The van der Waals surface area contributed by atoms with Crippen LogP contribution in [0, 0.1) is 11.8 Å². The molecule has 0 unspecified atom stereocenters. The fourth-order valence-electron chi connectivity index (χ4n) is 3.43. The van der Waals surface area contributed by atoms with Gasteiger partial charge in [0.25, 0.3) is 0 Å². The molecule has 0 aliphatic rings. The molecule has 2 amide bonds. The molecule has 0 radical (unpaired) electrons. The van der Waals surface area contributed by atoms with Crippen LogP contribution in [-0.2, 0) is 25.5 Å². The van der Waals surface area contributed by atoms with Crippen molar-refractivity contribution in [1.29, 1.82) is 0 Å². The topological polar surface area (TPSA) is 111 Å². The van der Waals surface area contributed by atoms with E-state index in [1.54, 1.807) is 44.2 Å². The second-order valence-corrected chi connectivity index (χ2v) is 9.00. The molecular weight excluding hydrogens is 439 g/mol. The first kappa shape index (κ1) is 28.4. The molecule has 0 fully saturated rings. The Balaban J connectivity index is 3.12. The molecule has 0 bridgehead atoms. The van der Waals surface area contributed by atoms with Crippen LogP contribution in [0.5, 0.6) is 0 Å². The van der Waals surface area contributed by atoms with Crippen molar-refractivity contribution in [2.24, 2.45) is 17.6 Å². The van der Waals surface area contributed by atoms with Gasteiger partial charge in [0.05, 0.1) is 7.11 Å². The molecule has 0 aromatic heterocycles. The van der Waals surface area contributed by atoms with E-state index in [9.17, 15) is 27.6 Å². The second-order valence-electron chi connectivity index (χ2n) is 9.00. The van der Waals surface area contributed by atoms with E-state index in [-0.39, 0.29) is 18.8 Å². The van der Waals surface area contributed by atoms with Crippen molar-refractivity contribution in [2.45, 2.75) is 70.8 Å². The molecule has 3 atom stereocenters. The fourth-order valence-corrected chi connectivity index (χ4v) is 3.43. The Morgan fingerprint density at radius 2 is 1.55 bits per heavy atom. The van der Waals surface area contributed by atoms with Gasteiger partial charge in [0.15, 0.2) is 5.54 Å². The zero-order valence-corrected chi connectivity index (χ0v) is 19.7. The fraction of sp³-hybridized carbons (Fsp3) is 0.609. The Morgan fingerprint density at radius 3 is 2.00 bits per heavy atom. The van der Waals surface area contributed by atoms with Gasteiger partial charge in [0, 0.05) is 6.42 Å². The molecule has 0 heterocycles. The molecule has 0 saturated heterocycles. The van der Waals surface area contributed by atoms with Gasteiger partial charge in [-0.2, -0.15) is 13.2 Å². The zero-order valence-electron chi connectivity index (χ0n) is 19.7. The number of methoxy groups -OCH3 is 1. The SMILES string of the molecule is COC(=O)[C@H](Cc1ccccc1)NC(=O)[C@H](CC(C)C)NC(=O)[C@@](N)(CC(C)C)C(F)(F)F. The maximum absolute atomic E-state index is 13.7. The quantitative estimate of drug-likeness (QED) is 0.428. The molecule has 186 valence electrons. The van der Waals surface area contributed by atoms with Crippen LogP contribution in [0.15, 0.2) is 30.3 Å². The predicted octanol–water partition coefficient (Wildman–Crippen LogP) is 2.72. The van der Waals surface area contributed by atoms with Crippen LogP contribution in [0.1, 0.15) is 46.1 Å². The van der Waals surface area contributed by atoms with Gasteiger partial charge >= 0.3 is 12.1 Å². The van der Waals surface area contributed by atoms with Gasteiger partial charge in [0.1, 0.15) is 12.1 Å². The number of carbonyl (C=O) groups excluding carboxylic acids is 3. The summed E-state index contributed by atoms with van der Waals surface area (Å²) in [4.78, 5) is 37.9. The number of benzene rings is 1. The molecule has 7 nitrogen and oxygen atoms in total. The van der Waals surface area contributed by atoms with Crippen LogP contribution in [0.3, 0.4) is 0 Å². The Hall–Kier alpha value is -2.62. The third-order valence-corrected chi connectivity index (χ3v) is 5.06. The Labute approximate surface area is 192 Å². The average Bonchev–Trinajstić information content (AvgIpc) is 2.71. The summed E-state index contributed by atoms with van der Waals surface area (Å²) < 4.78 is 45.8. The molecule has 4 N–H and O–H groups in total. The first-order valence-electron chi connectivity index (χ1n) is 10.8. The van der Waals surface area contributed by atoms with Gasteiger partial charge in [-0.15, -0.1) is 0 Å². The molecule has 33 heavy (non-hydrogen) atoms. The highest BCUT2D eigenvalue weighted by Crippen LogP contribution is 2.34. The Morgan fingerprint density at radius 1 is 0.970 bits per heavy atom. The molecular formula is C23H34F3N3O4. The Kier molecular flexibility index (Phi) is 10.3. The number of nitrogens with one attached hydrogen (secondary N) is 2. The lowest BCUT2D eigenvalue weighted by Gasteiger charge is -2.33. The molecule has 0 spiro atoms. The number of amides is 2. The first-order chi connectivity index (χ1) is 15.2. The minimum absolute atomic E-state index is 0.0480. The predicted molar refractivity (Wildman–Crippen MR) is 118 cm³/mol. The van der Waals surface area contributed by atoms with Crippen molar-refractivity contribution in [1.82, 2.24) is 10.6 Å². The zero-order chi connectivity index (χ0) is 25.4. The number of carbonyl (C=O) groups is 3. The molecule has 0 aliphatic carbocycles. The minimum Gasteiger partial charge on any atom is -0.467 e. The summed E-state index contributed by atoms with van der Waals surface area (Å²) >= 11 is 0. The third kappa shape index (κ3) is 8.34. The highest BCUT2D eigenvalue weighted by Gasteiger charge is 2.58. The smallest absolute Gasteiger partial charge is 0.415 e. The van der Waals surface area contributed by atoms with Gasteiger partial charge in [-0.25, -0.2) is 4.79 Å². The summed E-state index contributed by atoms with van der Waals surface area (Å²) in [5.41, 5.74) is 3.12. The third-order valence-electron chi connectivity index (χ3n) is 5.06. The van der Waals surface area contributed by atoms with Crippen LogP contribution in [0.4, 0.5) is 13.2 Å². The molecule has 10 heteroatoms. The summed E-state index contributed by atoms with van der Waals surface area (Å²) in [7, 11) is 1.16. The number of halogens is 3. The standard InChI is InChI=1S/C23H34F3N3O4/c1-14(2)11-17(29-21(32)22(27,13-15(3)4)23(24,25)26)19(30)28-18(20(31)33-5)12-16-9-7-6-8-10-16/h6-10,14-15,17-18H,11-13,27H2,1-5H3,(H,28,30)(H,29,32)/t17-,18-,22-/m0/s1. The van der Waals surface area contributed by atoms with E-state index in [1.807, 2.05) is 0 Å². The van der Waals surface area contributed by atoms with E-state index in [4.69, 9.17) is 10.5 Å². The van der Waals surface area contributed by atoms with E-state index in [1.165, 1.54) is 13.8 Å². The van der Waals surface area contributed by atoms with Gasteiger partial charge in [-0.1, -0.05) is 58.0 Å². The van der Waals surface area contributed by atoms with Gasteiger partial charge in [0.2, 0.25) is 11.8 Å². The summed E-state index contributed by atoms with van der Waals surface area (Å²) in [6.07, 6.45) is -5.50. The minimum atomic E-state index is -5.01. The summed E-state index contributed by atoms with van der Waals surface area (Å²) in [6, 6.07) is 6.43. The maximum Gasteiger partial charge on any atom is 0.415 e. The van der Waals surface area contributed by atoms with E-state index in [0.29, 0.717) is 0 Å². The van der Waals surface area contributed by atoms with E-state index < -0.39 is 53.9 Å². The molecule has 0 aliphatic heterocycles. The summed E-state index contributed by atoms with van der Waals surface area (Å²) in [5.74, 6) is -3.66.